The Kier molecular flexibility index (Phi) is 14.0. The summed E-state index contributed by atoms with van der Waals surface area (Å²) in [7, 11) is 0. The van der Waals surface area contributed by atoms with Gasteiger partial charge in [0.1, 0.15) is 0 Å². The number of hydrogen-bond donors (Lipinski definition) is 1. The van der Waals surface area contributed by atoms with Crippen molar-refractivity contribution in [2.24, 2.45) is 0 Å². The molecule has 1 heteroatoms. The van der Waals surface area contributed by atoms with Gasteiger partial charge in [0.2, 0.25) is 0 Å². The molecule has 0 aliphatic heterocycles. The van der Waals surface area contributed by atoms with Crippen molar-refractivity contribution in [2.45, 2.75) is 112 Å². The summed E-state index contributed by atoms with van der Waals surface area (Å²) in [4.78, 5) is 0. The van der Waals surface area contributed by atoms with Crippen LogP contribution in [0, 0.1) is 0 Å². The van der Waals surface area contributed by atoms with Crippen LogP contribution in [-0.4, -0.2) is 5.75 Å². The van der Waals surface area contributed by atoms with Crippen LogP contribution in [0.2, 0.25) is 0 Å². The summed E-state index contributed by atoms with van der Waals surface area (Å²) in [5, 5.41) is 0. The molecule has 0 saturated heterocycles. The highest BCUT2D eigenvalue weighted by molar-refractivity contribution is 7.80. The number of aryl methyl sites for hydroxylation is 7. The normalized spacial score (nSPS) is 11.8. The molecular weight excluding hydrogens is 513 g/mol. The predicted octanol–water partition coefficient (Wildman–Crippen LogP) is 11.4. The number of benzene rings is 3. The molecule has 0 bridgehead atoms. The van der Waals surface area contributed by atoms with E-state index < -0.39 is 0 Å². The second-order valence-electron chi connectivity index (χ2n) is 11.3. The third-order valence-electron chi connectivity index (χ3n) is 8.62. The fourth-order valence-corrected chi connectivity index (χ4v) is 6.14. The van der Waals surface area contributed by atoms with Gasteiger partial charge in [-0.2, -0.15) is 12.6 Å². The number of thiol groups is 1. The summed E-state index contributed by atoms with van der Waals surface area (Å²) >= 11 is 4.36. The minimum atomic E-state index is 1.01. The monoisotopic (exact) mass is 566 g/mol. The van der Waals surface area contributed by atoms with E-state index in [4.69, 9.17) is 0 Å². The molecule has 220 valence electrons. The van der Waals surface area contributed by atoms with Crippen LogP contribution in [-0.2, 0) is 44.9 Å². The Hall–Kier alpha value is -2.51. The third kappa shape index (κ3) is 9.24. The molecule has 3 aromatic carbocycles. The molecule has 3 rings (SSSR count). The van der Waals surface area contributed by atoms with Gasteiger partial charge in [-0.1, -0.05) is 121 Å². The van der Waals surface area contributed by atoms with Gasteiger partial charge in [0.05, 0.1) is 0 Å². The standard InChI is InChI=1S/C40H54S/c1-7-30-18-19-31(8-2)37(25-30)20-21-38-28-35(12-6)40(29-34(38)11-5)23-22-39-27-32(9-3)36(26-33(39)10-4)17-15-13-14-16-24-41/h18-23,25-29,41H,7-17,24H2,1-6H3. The number of hydrogen-bond acceptors (Lipinski definition) is 1. The fourth-order valence-electron chi connectivity index (χ4n) is 5.91. The molecule has 0 heterocycles. The van der Waals surface area contributed by atoms with Gasteiger partial charge in [-0.25, -0.2) is 0 Å². The smallest absolute Gasteiger partial charge is 0.00979 e. The molecule has 0 fully saturated rings. The van der Waals surface area contributed by atoms with Gasteiger partial charge >= 0.3 is 0 Å². The predicted molar refractivity (Wildman–Crippen MR) is 189 cm³/mol. The first-order chi connectivity index (χ1) is 20.0. The van der Waals surface area contributed by atoms with E-state index in [1.54, 1.807) is 5.56 Å². The van der Waals surface area contributed by atoms with Crippen molar-refractivity contribution < 1.29 is 0 Å². The highest BCUT2D eigenvalue weighted by atomic mass is 32.1. The first kappa shape index (κ1) is 33.0. The lowest BCUT2D eigenvalue weighted by Crippen LogP contribution is -1.99. The van der Waals surface area contributed by atoms with Crippen LogP contribution >= 0.6 is 12.6 Å². The molecule has 0 aromatic heterocycles. The summed E-state index contributed by atoms with van der Waals surface area (Å²) in [6.45, 7) is 13.6. The maximum absolute atomic E-state index is 4.36. The van der Waals surface area contributed by atoms with Crippen molar-refractivity contribution in [1.82, 2.24) is 0 Å². The van der Waals surface area contributed by atoms with Crippen molar-refractivity contribution in [1.29, 1.82) is 0 Å². The van der Waals surface area contributed by atoms with E-state index >= 15 is 0 Å². The molecule has 0 amide bonds. The zero-order chi connectivity index (χ0) is 29.6. The lowest BCUT2D eigenvalue weighted by Gasteiger charge is -2.14. The van der Waals surface area contributed by atoms with Crippen molar-refractivity contribution in [3.63, 3.8) is 0 Å². The molecule has 0 atom stereocenters. The van der Waals surface area contributed by atoms with Crippen LogP contribution < -0.4 is 0 Å². The molecule has 0 aliphatic carbocycles. The van der Waals surface area contributed by atoms with Gasteiger partial charge in [-0.15, -0.1) is 0 Å². The van der Waals surface area contributed by atoms with E-state index in [2.05, 4.69) is 121 Å². The van der Waals surface area contributed by atoms with Crippen molar-refractivity contribution in [2.75, 3.05) is 5.75 Å². The molecule has 0 radical (unpaired) electrons. The van der Waals surface area contributed by atoms with Crippen LogP contribution in [0.15, 0.2) is 42.5 Å². The Balaban J connectivity index is 1.90. The average molecular weight is 567 g/mol. The Labute approximate surface area is 257 Å². The van der Waals surface area contributed by atoms with E-state index in [0.29, 0.717) is 0 Å². The van der Waals surface area contributed by atoms with Crippen LogP contribution in [0.4, 0.5) is 0 Å². The lowest BCUT2D eigenvalue weighted by molar-refractivity contribution is 0.668. The first-order valence-electron chi connectivity index (χ1n) is 16.4. The number of rotatable bonds is 16. The topological polar surface area (TPSA) is 0 Å². The van der Waals surface area contributed by atoms with Crippen LogP contribution in [0.25, 0.3) is 24.3 Å². The number of unbranched alkanes of at least 4 members (excludes halogenated alkanes) is 3. The summed E-state index contributed by atoms with van der Waals surface area (Å²) in [5.41, 5.74) is 15.7. The van der Waals surface area contributed by atoms with E-state index in [1.165, 1.54) is 87.7 Å². The van der Waals surface area contributed by atoms with Gasteiger partial charge in [0.25, 0.3) is 0 Å². The minimum absolute atomic E-state index is 1.01. The van der Waals surface area contributed by atoms with E-state index in [1.807, 2.05) is 0 Å². The Bertz CT molecular complexity index is 1310. The van der Waals surface area contributed by atoms with Gasteiger partial charge in [0.15, 0.2) is 0 Å². The molecule has 0 N–H and O–H groups in total. The Morgan fingerprint density at radius 3 is 1.39 bits per heavy atom. The zero-order valence-electron chi connectivity index (χ0n) is 26.8. The van der Waals surface area contributed by atoms with E-state index in [-0.39, 0.29) is 0 Å². The Morgan fingerprint density at radius 2 is 0.902 bits per heavy atom. The summed E-state index contributed by atoms with van der Waals surface area (Å²) in [6, 6.07) is 16.8. The zero-order valence-corrected chi connectivity index (χ0v) is 27.7. The Morgan fingerprint density at radius 1 is 0.439 bits per heavy atom. The summed E-state index contributed by atoms with van der Waals surface area (Å²) < 4.78 is 0. The highest BCUT2D eigenvalue weighted by Crippen LogP contribution is 2.27. The largest absolute Gasteiger partial charge is 0.179 e. The van der Waals surface area contributed by atoms with E-state index in [0.717, 1.165) is 44.3 Å². The molecule has 0 aliphatic rings. The van der Waals surface area contributed by atoms with E-state index in [9.17, 15) is 0 Å². The van der Waals surface area contributed by atoms with Gasteiger partial charge in [-0.05, 0) is 125 Å². The second kappa shape index (κ2) is 17.4. The van der Waals surface area contributed by atoms with Gasteiger partial charge in [-0.3, -0.25) is 0 Å². The lowest BCUT2D eigenvalue weighted by atomic mass is 9.91. The molecule has 0 spiro atoms. The maximum atomic E-state index is 4.36. The molecule has 0 unspecified atom stereocenters. The fraction of sp³-hybridized carbons (Fsp3) is 0.450. The van der Waals surface area contributed by atoms with Crippen molar-refractivity contribution in [3.8, 4) is 0 Å². The third-order valence-corrected chi connectivity index (χ3v) is 8.94. The van der Waals surface area contributed by atoms with Crippen LogP contribution in [0.5, 0.6) is 0 Å². The second-order valence-corrected chi connectivity index (χ2v) is 11.7. The molecule has 3 aromatic rings. The quantitative estimate of drug-likeness (QED) is 0.0995. The van der Waals surface area contributed by atoms with Crippen molar-refractivity contribution in [3.05, 3.63) is 104 Å². The highest BCUT2D eigenvalue weighted by Gasteiger charge is 2.09. The molecular formula is C40H54S. The SMILES string of the molecule is CCc1ccc(CC)c(C=Cc2cc(CC)c(C=Cc3cc(CC)c(CCCCCCS)cc3CC)cc2CC)c1. The molecule has 0 nitrogen and oxygen atoms in total. The summed E-state index contributed by atoms with van der Waals surface area (Å²) in [5.74, 6) is 1.01. The van der Waals surface area contributed by atoms with Crippen LogP contribution in [0.1, 0.15) is 128 Å². The average Bonchev–Trinajstić information content (AvgIpc) is 3.02. The molecule has 0 saturated carbocycles. The maximum Gasteiger partial charge on any atom is -0.00979 e. The van der Waals surface area contributed by atoms with Crippen LogP contribution in [0.3, 0.4) is 0 Å². The van der Waals surface area contributed by atoms with Crippen molar-refractivity contribution >= 4 is 36.9 Å². The van der Waals surface area contributed by atoms with Gasteiger partial charge < -0.3 is 0 Å². The summed E-state index contributed by atoms with van der Waals surface area (Å²) in [6.07, 6.45) is 22.1. The molecule has 41 heavy (non-hydrogen) atoms. The van der Waals surface area contributed by atoms with Gasteiger partial charge in [0, 0.05) is 0 Å². The first-order valence-corrected chi connectivity index (χ1v) is 17.0. The minimum Gasteiger partial charge on any atom is -0.179 e.